The van der Waals surface area contributed by atoms with Gasteiger partial charge >= 0.3 is 0 Å². The van der Waals surface area contributed by atoms with Crippen molar-refractivity contribution in [3.8, 4) is 6.07 Å². The Labute approximate surface area is 81.0 Å². The summed E-state index contributed by atoms with van der Waals surface area (Å²) in [5.74, 6) is 0. The van der Waals surface area contributed by atoms with Crippen LogP contribution in [-0.2, 0) is 6.42 Å². The van der Waals surface area contributed by atoms with Crippen LogP contribution in [0.15, 0.2) is 18.2 Å². The Morgan fingerprint density at radius 1 is 1.55 bits per heavy atom. The molecule has 11 heavy (non-hydrogen) atoms. The van der Waals surface area contributed by atoms with E-state index < -0.39 is 0 Å². The molecule has 1 rings (SSSR count). The monoisotopic (exact) mass is 253 g/mol. The summed E-state index contributed by atoms with van der Waals surface area (Å²) >= 11 is 2.19. The van der Waals surface area contributed by atoms with E-state index in [0.29, 0.717) is 6.42 Å². The smallest absolute Gasteiger partial charge is 0.113 e. The fourth-order valence-electron chi connectivity index (χ4n) is 0.815. The molecule has 1 aromatic rings. The third-order valence-corrected chi connectivity index (χ3v) is 2.39. The molecule has 1 aromatic carbocycles. The number of halogens is 1. The molecule has 0 amide bonds. The van der Waals surface area contributed by atoms with Gasteiger partial charge in [0.05, 0.1) is 12.5 Å². The minimum Gasteiger partial charge on any atom is -0.198 e. The maximum atomic E-state index is 8.44. The molecule has 0 aliphatic heterocycles. The van der Waals surface area contributed by atoms with Gasteiger partial charge < -0.3 is 0 Å². The summed E-state index contributed by atoms with van der Waals surface area (Å²) in [4.78, 5) is 0. The van der Waals surface area contributed by atoms with Crippen LogP contribution in [0.2, 0.25) is 0 Å². The van der Waals surface area contributed by atoms with Gasteiger partial charge in [0.25, 0.3) is 0 Å². The van der Waals surface area contributed by atoms with Gasteiger partial charge in [0, 0.05) is 3.57 Å². The third kappa shape index (κ3) is 2.23. The normalized spacial score (nSPS) is 9.09. The van der Waals surface area contributed by atoms with Crippen molar-refractivity contribution in [3.63, 3.8) is 0 Å². The van der Waals surface area contributed by atoms with E-state index in [0.717, 1.165) is 14.6 Å². The molecular formula is C8H5BIN. The van der Waals surface area contributed by atoms with Gasteiger partial charge in [-0.05, 0) is 34.2 Å². The highest BCUT2D eigenvalue weighted by Crippen LogP contribution is 2.09. The van der Waals surface area contributed by atoms with Crippen LogP contribution in [-0.4, -0.2) is 7.85 Å². The van der Waals surface area contributed by atoms with Crippen LogP contribution >= 0.6 is 22.6 Å². The first-order valence-electron chi connectivity index (χ1n) is 3.15. The van der Waals surface area contributed by atoms with E-state index in [-0.39, 0.29) is 0 Å². The summed E-state index contributed by atoms with van der Waals surface area (Å²) in [6.45, 7) is 0. The molecule has 0 atom stereocenters. The molecule has 0 saturated carbocycles. The van der Waals surface area contributed by atoms with E-state index in [1.165, 1.54) is 0 Å². The van der Waals surface area contributed by atoms with Gasteiger partial charge in [0.2, 0.25) is 0 Å². The van der Waals surface area contributed by atoms with Crippen molar-refractivity contribution < 1.29 is 0 Å². The highest BCUT2D eigenvalue weighted by molar-refractivity contribution is 14.1. The summed E-state index contributed by atoms with van der Waals surface area (Å²) in [5, 5.41) is 8.44. The van der Waals surface area contributed by atoms with Crippen LogP contribution in [0.5, 0.6) is 0 Å². The Balaban J connectivity index is 3.05. The third-order valence-electron chi connectivity index (χ3n) is 1.34. The van der Waals surface area contributed by atoms with Gasteiger partial charge in [-0.3, -0.25) is 0 Å². The second-order valence-corrected chi connectivity index (χ2v) is 3.35. The van der Waals surface area contributed by atoms with Crippen molar-refractivity contribution >= 4 is 35.9 Å². The zero-order valence-electron chi connectivity index (χ0n) is 5.84. The van der Waals surface area contributed by atoms with Crippen molar-refractivity contribution in [2.75, 3.05) is 0 Å². The summed E-state index contributed by atoms with van der Waals surface area (Å²) in [5.41, 5.74) is 1.73. The lowest BCUT2D eigenvalue weighted by atomic mass is 9.94. The summed E-state index contributed by atoms with van der Waals surface area (Å²) in [6.07, 6.45) is 0.434. The van der Waals surface area contributed by atoms with Crippen LogP contribution in [0.4, 0.5) is 0 Å². The van der Waals surface area contributed by atoms with Crippen molar-refractivity contribution in [1.82, 2.24) is 0 Å². The van der Waals surface area contributed by atoms with Crippen molar-refractivity contribution in [2.45, 2.75) is 6.42 Å². The average Bonchev–Trinajstić information content (AvgIpc) is 1.98. The maximum absolute atomic E-state index is 8.44. The molecule has 1 nitrogen and oxygen atoms in total. The van der Waals surface area contributed by atoms with Crippen LogP contribution in [0, 0.1) is 14.9 Å². The van der Waals surface area contributed by atoms with Gasteiger partial charge in [0.15, 0.2) is 0 Å². The van der Waals surface area contributed by atoms with Gasteiger partial charge in [-0.25, -0.2) is 0 Å². The fourth-order valence-corrected chi connectivity index (χ4v) is 1.34. The molecule has 0 unspecified atom stereocenters. The summed E-state index contributed by atoms with van der Waals surface area (Å²) in [6, 6.07) is 7.69. The first-order chi connectivity index (χ1) is 5.24. The predicted molar refractivity (Wildman–Crippen MR) is 53.9 cm³/mol. The Bertz CT molecular complexity index is 303. The Kier molecular flexibility index (Phi) is 2.95. The van der Waals surface area contributed by atoms with Crippen molar-refractivity contribution in [2.24, 2.45) is 0 Å². The average molecular weight is 253 g/mol. The van der Waals surface area contributed by atoms with Crippen LogP contribution in [0.1, 0.15) is 5.56 Å². The van der Waals surface area contributed by atoms with Crippen molar-refractivity contribution in [3.05, 3.63) is 27.3 Å². The van der Waals surface area contributed by atoms with E-state index in [9.17, 15) is 0 Å². The van der Waals surface area contributed by atoms with Gasteiger partial charge in [-0.1, -0.05) is 17.6 Å². The molecule has 0 heterocycles. The Hall–Kier alpha value is -0.495. The van der Waals surface area contributed by atoms with Gasteiger partial charge in [-0.15, -0.1) is 0 Å². The van der Waals surface area contributed by atoms with E-state index in [1.807, 2.05) is 18.2 Å². The molecule has 3 heteroatoms. The second-order valence-electron chi connectivity index (χ2n) is 2.19. The quantitative estimate of drug-likeness (QED) is 0.544. The molecular weight excluding hydrogens is 248 g/mol. The molecule has 0 bridgehead atoms. The highest BCUT2D eigenvalue weighted by atomic mass is 127. The molecule has 0 N–H and O–H groups in total. The summed E-state index contributed by atoms with van der Waals surface area (Å²) < 4.78 is 1.10. The van der Waals surface area contributed by atoms with Gasteiger partial charge in [0.1, 0.15) is 7.85 Å². The second kappa shape index (κ2) is 3.77. The number of hydrogen-bond acceptors (Lipinski definition) is 1. The fraction of sp³-hybridized carbons (Fsp3) is 0.125. The maximum Gasteiger partial charge on any atom is 0.113 e. The van der Waals surface area contributed by atoms with Crippen molar-refractivity contribution in [1.29, 1.82) is 5.26 Å². The molecule has 2 radical (unpaired) electrons. The first kappa shape index (κ1) is 8.60. The Morgan fingerprint density at radius 2 is 2.27 bits per heavy atom. The Morgan fingerprint density at radius 3 is 2.91 bits per heavy atom. The van der Waals surface area contributed by atoms with Crippen LogP contribution in [0.3, 0.4) is 0 Å². The summed E-state index contributed by atoms with van der Waals surface area (Å²) in [7, 11) is 5.55. The largest absolute Gasteiger partial charge is 0.198 e. The molecule has 0 aliphatic rings. The highest BCUT2D eigenvalue weighted by Gasteiger charge is 1.97. The lowest BCUT2D eigenvalue weighted by Gasteiger charge is -2.00. The SMILES string of the molecule is [B]c1ccc(I)c(CC#N)c1. The molecule has 52 valence electrons. The number of hydrogen-bond donors (Lipinski definition) is 0. The molecule has 0 saturated heterocycles. The zero-order chi connectivity index (χ0) is 8.27. The number of nitrogens with zero attached hydrogens (tertiary/aromatic N) is 1. The predicted octanol–water partition coefficient (Wildman–Crippen LogP) is 1.15. The topological polar surface area (TPSA) is 23.8 Å². The van der Waals surface area contributed by atoms with E-state index in [4.69, 9.17) is 13.1 Å². The molecule has 0 spiro atoms. The lowest BCUT2D eigenvalue weighted by molar-refractivity contribution is 1.25. The number of nitriles is 1. The lowest BCUT2D eigenvalue weighted by Crippen LogP contribution is -2.03. The van der Waals surface area contributed by atoms with E-state index in [1.54, 1.807) is 0 Å². The van der Waals surface area contributed by atoms with Gasteiger partial charge in [-0.2, -0.15) is 5.26 Å². The minimum absolute atomic E-state index is 0.434. The standard InChI is InChI=1S/C8H5BIN/c9-7-1-2-8(10)6(5-7)3-4-11/h1-2,5H,3H2. The van der Waals surface area contributed by atoms with Crippen LogP contribution < -0.4 is 5.46 Å². The molecule has 0 fully saturated rings. The number of rotatable bonds is 1. The van der Waals surface area contributed by atoms with E-state index in [2.05, 4.69) is 28.7 Å². The van der Waals surface area contributed by atoms with E-state index >= 15 is 0 Å². The van der Waals surface area contributed by atoms with Crippen LogP contribution in [0.25, 0.3) is 0 Å². The molecule has 0 aromatic heterocycles. The first-order valence-corrected chi connectivity index (χ1v) is 4.23. The zero-order valence-corrected chi connectivity index (χ0v) is 8.00. The minimum atomic E-state index is 0.434. The molecule has 0 aliphatic carbocycles. The number of benzene rings is 1.